The predicted octanol–water partition coefficient (Wildman–Crippen LogP) is 2.81. The maximum Gasteiger partial charge on any atom is 0.244 e. The van der Waals surface area contributed by atoms with Crippen LogP contribution in [0.15, 0.2) is 42.5 Å². The fraction of sp³-hybridized carbons (Fsp3) is 0.462. The zero-order valence-corrected chi connectivity index (χ0v) is 23.5. The monoisotopic (exact) mass is 535 g/mol. The lowest BCUT2D eigenvalue weighted by Crippen LogP contribution is -2.54. The van der Waals surface area contributed by atoms with Crippen molar-refractivity contribution < 1.29 is 32.2 Å². The van der Waals surface area contributed by atoms with Crippen LogP contribution >= 0.6 is 0 Å². The van der Waals surface area contributed by atoms with Gasteiger partial charge in [0.1, 0.15) is 29.8 Å². The minimum absolute atomic E-state index is 0.0778. The van der Waals surface area contributed by atoms with Gasteiger partial charge < -0.3 is 24.4 Å². The molecular formula is C26H37N3O7S. The average Bonchev–Trinajstić information content (AvgIpc) is 2.83. The van der Waals surface area contributed by atoms with Gasteiger partial charge in [0.05, 0.1) is 33.3 Å². The molecule has 0 aliphatic heterocycles. The molecule has 10 nitrogen and oxygen atoms in total. The van der Waals surface area contributed by atoms with Crippen molar-refractivity contribution in [3.05, 3.63) is 48.0 Å². The molecule has 0 saturated heterocycles. The highest BCUT2D eigenvalue weighted by Gasteiger charge is 2.32. The summed E-state index contributed by atoms with van der Waals surface area (Å²) >= 11 is 0. The molecular weight excluding hydrogens is 498 g/mol. The third kappa shape index (κ3) is 8.28. The minimum atomic E-state index is -3.93. The van der Waals surface area contributed by atoms with Crippen LogP contribution in [0.1, 0.15) is 33.3 Å². The van der Waals surface area contributed by atoms with E-state index in [1.165, 1.54) is 25.2 Å². The first-order valence-electron chi connectivity index (χ1n) is 11.6. The van der Waals surface area contributed by atoms with Crippen molar-refractivity contribution in [1.29, 1.82) is 0 Å². The second-order valence-electron chi connectivity index (χ2n) is 9.59. The van der Waals surface area contributed by atoms with Crippen LogP contribution in [-0.2, 0) is 26.2 Å². The van der Waals surface area contributed by atoms with Gasteiger partial charge in [0.25, 0.3) is 0 Å². The summed E-state index contributed by atoms with van der Waals surface area (Å²) in [7, 11) is 0.482. The van der Waals surface area contributed by atoms with Crippen molar-refractivity contribution in [1.82, 2.24) is 10.2 Å². The molecule has 0 heterocycles. The van der Waals surface area contributed by atoms with Crippen LogP contribution in [0.4, 0.5) is 5.69 Å². The highest BCUT2D eigenvalue weighted by Crippen LogP contribution is 2.34. The standard InChI is InChI=1S/C26H37N3O7S/c1-18(25(31)27-26(2,3)4)28(16-19-9-11-20(34-5)12-10-19)24(30)17-29(37(8,32)33)22-15-21(35-6)13-14-23(22)36-7/h9-15,18H,16-17H2,1-8H3,(H,27,31)/t18-/m1/s1. The van der Waals surface area contributed by atoms with E-state index < -0.39 is 34.1 Å². The van der Waals surface area contributed by atoms with Gasteiger partial charge in [0, 0.05) is 18.2 Å². The molecule has 0 aliphatic rings. The van der Waals surface area contributed by atoms with Gasteiger partial charge in [0.2, 0.25) is 21.8 Å². The Morgan fingerprint density at radius 1 is 0.946 bits per heavy atom. The molecule has 0 fully saturated rings. The van der Waals surface area contributed by atoms with Crippen molar-refractivity contribution in [3.8, 4) is 17.2 Å². The van der Waals surface area contributed by atoms with Gasteiger partial charge in [-0.15, -0.1) is 0 Å². The number of hydrogen-bond donors (Lipinski definition) is 1. The Morgan fingerprint density at radius 2 is 1.51 bits per heavy atom. The number of anilines is 1. The third-order valence-corrected chi connectivity index (χ3v) is 6.64. The Balaban J connectivity index is 2.49. The van der Waals surface area contributed by atoms with Crippen LogP contribution in [0.5, 0.6) is 17.2 Å². The van der Waals surface area contributed by atoms with E-state index in [9.17, 15) is 18.0 Å². The molecule has 0 bridgehead atoms. The maximum atomic E-state index is 13.7. The Labute approximate surface area is 219 Å². The predicted molar refractivity (Wildman–Crippen MR) is 143 cm³/mol. The minimum Gasteiger partial charge on any atom is -0.497 e. The van der Waals surface area contributed by atoms with Crippen molar-refractivity contribution in [2.75, 3.05) is 38.4 Å². The number of ether oxygens (including phenoxy) is 3. The molecule has 1 atom stereocenters. The van der Waals surface area contributed by atoms with E-state index in [1.54, 1.807) is 50.4 Å². The largest absolute Gasteiger partial charge is 0.497 e. The van der Waals surface area contributed by atoms with E-state index in [1.807, 2.05) is 20.8 Å². The molecule has 2 amide bonds. The van der Waals surface area contributed by atoms with Gasteiger partial charge in [-0.05, 0) is 57.5 Å². The molecule has 0 spiro atoms. The van der Waals surface area contributed by atoms with E-state index in [-0.39, 0.29) is 23.9 Å². The Kier molecular flexibility index (Phi) is 9.80. The van der Waals surface area contributed by atoms with E-state index in [0.717, 1.165) is 16.1 Å². The molecule has 0 aliphatic carbocycles. The first-order chi connectivity index (χ1) is 17.2. The van der Waals surface area contributed by atoms with Gasteiger partial charge >= 0.3 is 0 Å². The summed E-state index contributed by atoms with van der Waals surface area (Å²) in [6.07, 6.45) is 1.00. The lowest BCUT2D eigenvalue weighted by atomic mass is 10.1. The number of rotatable bonds is 11. The Bertz CT molecular complexity index is 1190. The lowest BCUT2D eigenvalue weighted by molar-refractivity contribution is -0.140. The molecule has 2 rings (SSSR count). The van der Waals surface area contributed by atoms with Crippen LogP contribution in [-0.4, -0.2) is 70.8 Å². The second kappa shape index (κ2) is 12.2. The van der Waals surface area contributed by atoms with Crippen LogP contribution in [0, 0.1) is 0 Å². The summed E-state index contributed by atoms with van der Waals surface area (Å²) < 4.78 is 42.4. The summed E-state index contributed by atoms with van der Waals surface area (Å²) in [4.78, 5) is 28.1. The molecule has 37 heavy (non-hydrogen) atoms. The average molecular weight is 536 g/mol. The number of carbonyl (C=O) groups is 2. The molecule has 2 aromatic carbocycles. The number of hydrogen-bond acceptors (Lipinski definition) is 7. The molecule has 0 saturated carbocycles. The molecule has 2 aromatic rings. The molecule has 11 heteroatoms. The zero-order valence-electron chi connectivity index (χ0n) is 22.7. The number of amides is 2. The molecule has 0 unspecified atom stereocenters. The van der Waals surface area contributed by atoms with E-state index in [2.05, 4.69) is 5.32 Å². The lowest BCUT2D eigenvalue weighted by Gasteiger charge is -2.33. The fourth-order valence-corrected chi connectivity index (χ4v) is 4.42. The normalized spacial score (nSPS) is 12.3. The molecule has 0 radical (unpaired) electrons. The van der Waals surface area contributed by atoms with Gasteiger partial charge in [-0.3, -0.25) is 13.9 Å². The van der Waals surface area contributed by atoms with Crippen molar-refractivity contribution in [2.45, 2.75) is 45.8 Å². The summed E-state index contributed by atoms with van der Waals surface area (Å²) in [5.74, 6) is 0.361. The summed E-state index contributed by atoms with van der Waals surface area (Å²) in [6.45, 7) is 6.66. The van der Waals surface area contributed by atoms with Crippen LogP contribution < -0.4 is 23.8 Å². The smallest absolute Gasteiger partial charge is 0.244 e. The van der Waals surface area contributed by atoms with E-state index >= 15 is 0 Å². The number of methoxy groups -OCH3 is 3. The van der Waals surface area contributed by atoms with Crippen LogP contribution in [0.2, 0.25) is 0 Å². The quantitative estimate of drug-likeness (QED) is 0.471. The molecule has 204 valence electrons. The van der Waals surface area contributed by atoms with Gasteiger partial charge in [-0.2, -0.15) is 0 Å². The Hall–Kier alpha value is -3.47. The maximum absolute atomic E-state index is 13.7. The number of nitrogens with one attached hydrogen (secondary N) is 1. The van der Waals surface area contributed by atoms with Crippen molar-refractivity contribution in [2.24, 2.45) is 0 Å². The Morgan fingerprint density at radius 3 is 2.00 bits per heavy atom. The summed E-state index contributed by atoms with van der Waals surface area (Å²) in [6, 6.07) is 10.9. The number of sulfonamides is 1. The number of benzene rings is 2. The first kappa shape index (κ1) is 29.8. The van der Waals surface area contributed by atoms with Gasteiger partial charge in [-0.1, -0.05) is 12.1 Å². The van der Waals surface area contributed by atoms with Crippen LogP contribution in [0.25, 0.3) is 0 Å². The van der Waals surface area contributed by atoms with Crippen molar-refractivity contribution in [3.63, 3.8) is 0 Å². The summed E-state index contributed by atoms with van der Waals surface area (Å²) in [5.41, 5.74) is 0.371. The van der Waals surface area contributed by atoms with Gasteiger partial charge in [0.15, 0.2) is 0 Å². The highest BCUT2D eigenvalue weighted by molar-refractivity contribution is 7.92. The number of carbonyl (C=O) groups excluding carboxylic acids is 2. The second-order valence-corrected chi connectivity index (χ2v) is 11.5. The molecule has 1 N–H and O–H groups in total. The van der Waals surface area contributed by atoms with E-state index in [0.29, 0.717) is 11.5 Å². The zero-order chi connectivity index (χ0) is 28.0. The topological polar surface area (TPSA) is 114 Å². The van der Waals surface area contributed by atoms with Crippen molar-refractivity contribution >= 4 is 27.5 Å². The first-order valence-corrected chi connectivity index (χ1v) is 13.5. The number of nitrogens with zero attached hydrogens (tertiary/aromatic N) is 2. The fourth-order valence-electron chi connectivity index (χ4n) is 3.57. The molecule has 0 aromatic heterocycles. The highest BCUT2D eigenvalue weighted by atomic mass is 32.2. The van der Waals surface area contributed by atoms with Gasteiger partial charge in [-0.25, -0.2) is 8.42 Å². The third-order valence-electron chi connectivity index (χ3n) is 5.51. The van der Waals surface area contributed by atoms with E-state index in [4.69, 9.17) is 14.2 Å². The van der Waals surface area contributed by atoms with Crippen LogP contribution in [0.3, 0.4) is 0 Å². The SMILES string of the molecule is COc1ccc(CN(C(=O)CN(c2cc(OC)ccc2OC)S(C)(=O)=O)[C@H](C)C(=O)NC(C)(C)C)cc1. The summed E-state index contributed by atoms with van der Waals surface area (Å²) in [5, 5.41) is 2.89.